The molecule has 0 spiro atoms. The average Bonchev–Trinajstić information content (AvgIpc) is 2.19. The van der Waals surface area contributed by atoms with Crippen molar-refractivity contribution in [1.29, 1.82) is 0 Å². The zero-order valence-electron chi connectivity index (χ0n) is 10.6. The molecule has 3 heteroatoms. The SMILES string of the molecule is CC1OC(CCl)OC(C)C(C)(C)C1(C)C. The Labute approximate surface area is 98.3 Å². The van der Waals surface area contributed by atoms with Crippen LogP contribution in [0, 0.1) is 10.8 Å². The Kier molecular flexibility index (Phi) is 3.74. The summed E-state index contributed by atoms with van der Waals surface area (Å²) in [6.45, 7) is 13.1. The lowest BCUT2D eigenvalue weighted by atomic mass is 9.62. The van der Waals surface area contributed by atoms with Gasteiger partial charge in [0.05, 0.1) is 18.1 Å². The van der Waals surface area contributed by atoms with E-state index in [1.54, 1.807) is 0 Å². The van der Waals surface area contributed by atoms with Crippen LogP contribution in [0.5, 0.6) is 0 Å². The highest BCUT2D eigenvalue weighted by Gasteiger charge is 2.49. The van der Waals surface area contributed by atoms with E-state index >= 15 is 0 Å². The first-order chi connectivity index (χ1) is 6.73. The molecule has 2 nitrogen and oxygen atoms in total. The highest BCUT2D eigenvalue weighted by atomic mass is 35.5. The van der Waals surface area contributed by atoms with Crippen LogP contribution in [0.3, 0.4) is 0 Å². The van der Waals surface area contributed by atoms with Gasteiger partial charge in [-0.05, 0) is 24.7 Å². The zero-order chi connectivity index (χ0) is 11.9. The van der Waals surface area contributed by atoms with Crippen LogP contribution < -0.4 is 0 Å². The molecule has 1 heterocycles. The Morgan fingerprint density at radius 2 is 1.27 bits per heavy atom. The first-order valence-corrected chi connectivity index (χ1v) is 6.13. The minimum absolute atomic E-state index is 0.0627. The molecule has 0 N–H and O–H groups in total. The zero-order valence-corrected chi connectivity index (χ0v) is 11.4. The van der Waals surface area contributed by atoms with Crippen LogP contribution >= 0.6 is 11.6 Å². The van der Waals surface area contributed by atoms with Crippen molar-refractivity contribution in [3.05, 3.63) is 0 Å². The Morgan fingerprint density at radius 3 is 1.53 bits per heavy atom. The minimum atomic E-state index is -0.280. The lowest BCUT2D eigenvalue weighted by molar-refractivity contribution is -0.164. The Morgan fingerprint density at radius 1 is 0.933 bits per heavy atom. The fourth-order valence-corrected chi connectivity index (χ4v) is 2.09. The number of ether oxygens (including phenoxy) is 2. The van der Waals surface area contributed by atoms with E-state index in [0.717, 1.165) is 0 Å². The van der Waals surface area contributed by atoms with Crippen LogP contribution in [0.25, 0.3) is 0 Å². The summed E-state index contributed by atoms with van der Waals surface area (Å²) < 4.78 is 11.7. The molecule has 0 aromatic rings. The topological polar surface area (TPSA) is 18.5 Å². The van der Waals surface area contributed by atoms with Gasteiger partial charge in [-0.2, -0.15) is 0 Å². The highest BCUT2D eigenvalue weighted by molar-refractivity contribution is 6.18. The summed E-state index contributed by atoms with van der Waals surface area (Å²) in [7, 11) is 0. The Bertz CT molecular complexity index is 204. The van der Waals surface area contributed by atoms with Gasteiger partial charge >= 0.3 is 0 Å². The first-order valence-electron chi connectivity index (χ1n) is 5.60. The van der Waals surface area contributed by atoms with Crippen LogP contribution in [-0.2, 0) is 9.47 Å². The molecule has 1 aliphatic rings. The third kappa shape index (κ3) is 2.17. The molecule has 1 saturated heterocycles. The Hall–Kier alpha value is 0.210. The van der Waals surface area contributed by atoms with Crippen molar-refractivity contribution in [2.24, 2.45) is 10.8 Å². The number of halogens is 1. The Balaban J connectivity index is 3.00. The molecule has 1 aliphatic heterocycles. The molecule has 1 fully saturated rings. The molecule has 1 rings (SSSR count). The molecular formula is C12H23ClO2. The third-order valence-corrected chi connectivity index (χ3v) is 4.78. The second kappa shape index (κ2) is 4.23. The van der Waals surface area contributed by atoms with Gasteiger partial charge < -0.3 is 9.47 Å². The maximum absolute atomic E-state index is 5.83. The summed E-state index contributed by atoms with van der Waals surface area (Å²) in [5.41, 5.74) is 0.125. The van der Waals surface area contributed by atoms with Crippen LogP contribution in [0.2, 0.25) is 0 Å². The van der Waals surface area contributed by atoms with Gasteiger partial charge in [0.25, 0.3) is 0 Å². The summed E-state index contributed by atoms with van der Waals surface area (Å²) in [6, 6.07) is 0. The molecule has 15 heavy (non-hydrogen) atoms. The molecule has 0 radical (unpaired) electrons. The fraction of sp³-hybridized carbons (Fsp3) is 1.00. The predicted molar refractivity (Wildman–Crippen MR) is 63.2 cm³/mol. The van der Waals surface area contributed by atoms with Crippen molar-refractivity contribution in [3.63, 3.8) is 0 Å². The van der Waals surface area contributed by atoms with Crippen LogP contribution in [0.15, 0.2) is 0 Å². The number of hydrogen-bond acceptors (Lipinski definition) is 2. The van der Waals surface area contributed by atoms with Gasteiger partial charge in [-0.15, -0.1) is 11.6 Å². The smallest absolute Gasteiger partial charge is 0.171 e. The first kappa shape index (κ1) is 13.3. The standard InChI is InChI=1S/C12H23ClO2/c1-8-11(3,4)12(5,6)9(2)15-10(7-13)14-8/h8-10H,7H2,1-6H3. The van der Waals surface area contributed by atoms with Crippen molar-refractivity contribution < 1.29 is 9.47 Å². The van der Waals surface area contributed by atoms with Gasteiger partial charge in [-0.1, -0.05) is 27.7 Å². The van der Waals surface area contributed by atoms with Crippen molar-refractivity contribution in [2.75, 3.05) is 5.88 Å². The maximum atomic E-state index is 5.83. The molecule has 0 aromatic heterocycles. The van der Waals surface area contributed by atoms with Gasteiger partial charge in [0.1, 0.15) is 0 Å². The van der Waals surface area contributed by atoms with Gasteiger partial charge in [-0.25, -0.2) is 0 Å². The molecule has 90 valence electrons. The largest absolute Gasteiger partial charge is 0.348 e. The van der Waals surface area contributed by atoms with E-state index in [9.17, 15) is 0 Å². The van der Waals surface area contributed by atoms with Crippen LogP contribution in [-0.4, -0.2) is 24.4 Å². The molecule has 0 aromatic carbocycles. The summed E-state index contributed by atoms with van der Waals surface area (Å²) in [5, 5.41) is 0. The molecule has 0 saturated carbocycles. The molecule has 0 aliphatic carbocycles. The lowest BCUT2D eigenvalue weighted by Crippen LogP contribution is -2.46. The van der Waals surface area contributed by atoms with Gasteiger partial charge in [0, 0.05) is 0 Å². The molecular weight excluding hydrogens is 212 g/mol. The summed E-state index contributed by atoms with van der Waals surface area (Å²) in [6.07, 6.45) is 0.000108. The van der Waals surface area contributed by atoms with E-state index in [-0.39, 0.29) is 29.3 Å². The van der Waals surface area contributed by atoms with E-state index in [4.69, 9.17) is 21.1 Å². The van der Waals surface area contributed by atoms with Gasteiger partial charge in [0.2, 0.25) is 0 Å². The molecule has 2 unspecified atom stereocenters. The highest BCUT2D eigenvalue weighted by Crippen LogP contribution is 2.48. The van der Waals surface area contributed by atoms with E-state index in [1.165, 1.54) is 0 Å². The van der Waals surface area contributed by atoms with Crippen molar-refractivity contribution in [3.8, 4) is 0 Å². The molecule has 0 bridgehead atoms. The minimum Gasteiger partial charge on any atom is -0.348 e. The third-order valence-electron chi connectivity index (χ3n) is 4.53. The summed E-state index contributed by atoms with van der Waals surface area (Å²) >= 11 is 5.82. The maximum Gasteiger partial charge on any atom is 0.171 e. The van der Waals surface area contributed by atoms with E-state index < -0.39 is 0 Å². The normalized spacial score (nSPS) is 39.8. The predicted octanol–water partition coefficient (Wildman–Crippen LogP) is 3.43. The monoisotopic (exact) mass is 234 g/mol. The summed E-state index contributed by atoms with van der Waals surface area (Å²) in [5.74, 6) is 0.390. The van der Waals surface area contributed by atoms with E-state index in [1.807, 2.05) is 0 Å². The number of rotatable bonds is 1. The van der Waals surface area contributed by atoms with Crippen molar-refractivity contribution >= 4 is 11.6 Å². The van der Waals surface area contributed by atoms with Crippen molar-refractivity contribution in [2.45, 2.75) is 60.0 Å². The van der Waals surface area contributed by atoms with E-state index in [2.05, 4.69) is 41.5 Å². The second-order valence-corrected chi connectivity index (χ2v) is 5.89. The van der Waals surface area contributed by atoms with Crippen LogP contribution in [0.4, 0.5) is 0 Å². The number of hydrogen-bond donors (Lipinski definition) is 0. The summed E-state index contributed by atoms with van der Waals surface area (Å²) in [4.78, 5) is 0. The van der Waals surface area contributed by atoms with Crippen LogP contribution in [0.1, 0.15) is 41.5 Å². The second-order valence-electron chi connectivity index (χ2n) is 5.58. The van der Waals surface area contributed by atoms with Gasteiger partial charge in [-0.3, -0.25) is 0 Å². The molecule has 0 amide bonds. The lowest BCUT2D eigenvalue weighted by Gasteiger charge is -2.45. The fourth-order valence-electron chi connectivity index (χ4n) is 1.95. The van der Waals surface area contributed by atoms with Gasteiger partial charge in [0.15, 0.2) is 6.29 Å². The quantitative estimate of drug-likeness (QED) is 0.648. The number of alkyl halides is 1. The average molecular weight is 235 g/mol. The van der Waals surface area contributed by atoms with E-state index in [0.29, 0.717) is 5.88 Å². The van der Waals surface area contributed by atoms with Crippen molar-refractivity contribution in [1.82, 2.24) is 0 Å². The molecule has 2 atom stereocenters.